The minimum absolute atomic E-state index is 0.171. The number of phenols is 1. The SMILES string of the molecule is Cc1cc(C=NN2C(=O)[C@@H]3[C@H](C2=O)[C@H]2C=C[C@H]3C2)c(C)n1-c1ccc(O)cc1. The molecule has 6 nitrogen and oxygen atoms in total. The van der Waals surface area contributed by atoms with Crippen LogP contribution in [0.25, 0.3) is 5.69 Å². The molecule has 28 heavy (non-hydrogen) atoms. The fourth-order valence-corrected chi connectivity index (χ4v) is 5.04. The van der Waals surface area contributed by atoms with E-state index in [1.54, 1.807) is 18.3 Å². The normalized spacial score (nSPS) is 28.1. The van der Waals surface area contributed by atoms with Crippen LogP contribution in [0.4, 0.5) is 0 Å². The molecule has 1 aromatic heterocycles. The predicted molar refractivity (Wildman–Crippen MR) is 104 cm³/mol. The lowest BCUT2D eigenvalue weighted by Gasteiger charge is -2.13. The Morgan fingerprint density at radius 1 is 1.04 bits per heavy atom. The first-order valence-electron chi connectivity index (χ1n) is 9.54. The van der Waals surface area contributed by atoms with Crippen molar-refractivity contribution in [1.29, 1.82) is 0 Å². The summed E-state index contributed by atoms with van der Waals surface area (Å²) in [7, 11) is 0. The number of carbonyl (C=O) groups is 2. The van der Waals surface area contributed by atoms with E-state index in [0.717, 1.165) is 34.1 Å². The quantitative estimate of drug-likeness (QED) is 0.509. The summed E-state index contributed by atoms with van der Waals surface area (Å²) in [5.41, 5.74) is 3.73. The third-order valence-corrected chi connectivity index (χ3v) is 6.34. The number of nitrogens with zero attached hydrogens (tertiary/aromatic N) is 3. The number of rotatable bonds is 3. The Morgan fingerprint density at radius 2 is 1.64 bits per heavy atom. The van der Waals surface area contributed by atoms with Gasteiger partial charge in [0.15, 0.2) is 0 Å². The average Bonchev–Trinajstić information content (AvgIpc) is 3.40. The topological polar surface area (TPSA) is 74.9 Å². The van der Waals surface area contributed by atoms with Gasteiger partial charge in [-0.05, 0) is 62.4 Å². The first-order valence-corrected chi connectivity index (χ1v) is 9.54. The standard InChI is InChI=1S/C22H21N3O3/c1-12-9-16(13(2)24(12)17-5-7-18(26)8-6-17)11-23-25-21(27)19-14-3-4-15(10-14)20(19)22(25)28/h3-9,11,14-15,19-20,26H,10H2,1-2H3/t14-,15-,19-,20+/m0/s1. The van der Waals surface area contributed by atoms with Gasteiger partial charge in [0.25, 0.3) is 11.8 Å². The van der Waals surface area contributed by atoms with Crippen LogP contribution >= 0.6 is 0 Å². The average molecular weight is 375 g/mol. The van der Waals surface area contributed by atoms with Crippen LogP contribution in [0.1, 0.15) is 23.4 Å². The lowest BCUT2D eigenvalue weighted by Crippen LogP contribution is -2.28. The first kappa shape index (κ1) is 17.0. The Morgan fingerprint density at radius 3 is 2.25 bits per heavy atom. The van der Waals surface area contributed by atoms with Crippen molar-refractivity contribution in [2.45, 2.75) is 20.3 Å². The molecule has 1 saturated heterocycles. The molecule has 142 valence electrons. The maximum atomic E-state index is 12.7. The third-order valence-electron chi connectivity index (χ3n) is 6.34. The van der Waals surface area contributed by atoms with Crippen molar-refractivity contribution in [3.63, 3.8) is 0 Å². The van der Waals surface area contributed by atoms with Gasteiger partial charge < -0.3 is 9.67 Å². The molecule has 1 aromatic carbocycles. The van der Waals surface area contributed by atoms with Gasteiger partial charge in [-0.3, -0.25) is 9.59 Å². The van der Waals surface area contributed by atoms with Gasteiger partial charge in [0.2, 0.25) is 0 Å². The number of aryl methyl sites for hydroxylation is 1. The lowest BCUT2D eigenvalue weighted by molar-refractivity contribution is -0.140. The summed E-state index contributed by atoms with van der Waals surface area (Å²) in [5, 5.41) is 14.9. The van der Waals surface area contributed by atoms with E-state index in [1.165, 1.54) is 0 Å². The molecule has 5 rings (SSSR count). The van der Waals surface area contributed by atoms with Crippen molar-refractivity contribution in [3.8, 4) is 11.4 Å². The fraction of sp³-hybridized carbons (Fsp3) is 0.318. The first-order chi connectivity index (χ1) is 13.5. The molecular formula is C22H21N3O3. The molecule has 2 aliphatic carbocycles. The Labute approximate surface area is 162 Å². The predicted octanol–water partition coefficient (Wildman–Crippen LogP) is 2.94. The van der Waals surface area contributed by atoms with E-state index < -0.39 is 0 Å². The summed E-state index contributed by atoms with van der Waals surface area (Å²) >= 11 is 0. The van der Waals surface area contributed by atoms with Crippen LogP contribution in [-0.2, 0) is 9.59 Å². The Balaban J connectivity index is 1.44. The minimum Gasteiger partial charge on any atom is -0.508 e. The molecule has 4 atom stereocenters. The molecule has 0 unspecified atom stereocenters. The van der Waals surface area contributed by atoms with Gasteiger partial charge in [-0.2, -0.15) is 10.1 Å². The van der Waals surface area contributed by atoms with E-state index in [9.17, 15) is 14.7 Å². The Kier molecular flexibility index (Phi) is 3.59. The zero-order chi connectivity index (χ0) is 19.6. The number of imide groups is 1. The molecule has 2 fully saturated rings. The van der Waals surface area contributed by atoms with Crippen LogP contribution in [0.5, 0.6) is 5.75 Å². The number of benzene rings is 1. The molecule has 1 saturated carbocycles. The van der Waals surface area contributed by atoms with Crippen LogP contribution in [0.15, 0.2) is 47.6 Å². The number of allylic oxidation sites excluding steroid dienone is 2. The number of aromatic hydroxyl groups is 1. The molecule has 1 N–H and O–H groups in total. The summed E-state index contributed by atoms with van der Waals surface area (Å²) in [5.74, 6) is -0.218. The van der Waals surface area contributed by atoms with Gasteiger partial charge in [-0.1, -0.05) is 12.2 Å². The van der Waals surface area contributed by atoms with Crippen LogP contribution in [0.2, 0.25) is 0 Å². The fourth-order valence-electron chi connectivity index (χ4n) is 5.04. The van der Waals surface area contributed by atoms with Crippen LogP contribution in [0, 0.1) is 37.5 Å². The van der Waals surface area contributed by atoms with Crippen molar-refractivity contribution < 1.29 is 14.7 Å². The lowest BCUT2D eigenvalue weighted by atomic mass is 9.85. The van der Waals surface area contributed by atoms with E-state index in [1.807, 2.05) is 36.6 Å². The van der Waals surface area contributed by atoms with Gasteiger partial charge in [0.1, 0.15) is 5.75 Å². The van der Waals surface area contributed by atoms with Gasteiger partial charge in [0.05, 0.1) is 18.1 Å². The van der Waals surface area contributed by atoms with Gasteiger partial charge in [0, 0.05) is 22.6 Å². The van der Waals surface area contributed by atoms with Gasteiger partial charge in [-0.25, -0.2) is 0 Å². The highest BCUT2D eigenvalue weighted by Gasteiger charge is 2.59. The number of aromatic nitrogens is 1. The molecule has 3 aliphatic rings. The summed E-state index contributed by atoms with van der Waals surface area (Å²) in [6.07, 6.45) is 6.68. The number of fused-ring (bicyclic) bond motifs is 5. The van der Waals surface area contributed by atoms with E-state index in [4.69, 9.17) is 0 Å². The second-order valence-electron chi connectivity index (χ2n) is 7.91. The van der Waals surface area contributed by atoms with E-state index in [-0.39, 0.29) is 41.2 Å². The Hall–Kier alpha value is -3.15. The molecule has 2 amide bonds. The zero-order valence-electron chi connectivity index (χ0n) is 15.7. The molecule has 2 aromatic rings. The largest absolute Gasteiger partial charge is 0.508 e. The van der Waals surface area contributed by atoms with Gasteiger partial charge >= 0.3 is 0 Å². The van der Waals surface area contributed by atoms with Crippen molar-refractivity contribution in [1.82, 2.24) is 9.58 Å². The molecule has 1 aliphatic heterocycles. The molecule has 2 bridgehead atoms. The highest BCUT2D eigenvalue weighted by molar-refractivity contribution is 6.06. The molecule has 0 radical (unpaired) electrons. The number of hydrazone groups is 1. The van der Waals surface area contributed by atoms with Crippen LogP contribution in [0.3, 0.4) is 0 Å². The van der Waals surface area contributed by atoms with Crippen molar-refractivity contribution in [2.24, 2.45) is 28.8 Å². The number of carbonyl (C=O) groups excluding carboxylic acids is 2. The Bertz CT molecular complexity index is 1020. The zero-order valence-corrected chi connectivity index (χ0v) is 15.7. The van der Waals surface area contributed by atoms with E-state index in [0.29, 0.717) is 0 Å². The maximum Gasteiger partial charge on any atom is 0.254 e. The van der Waals surface area contributed by atoms with Crippen molar-refractivity contribution in [3.05, 3.63) is 59.4 Å². The highest BCUT2D eigenvalue weighted by atomic mass is 16.3. The summed E-state index contributed by atoms with van der Waals surface area (Å²) in [6, 6.07) is 8.94. The monoisotopic (exact) mass is 375 g/mol. The second-order valence-corrected chi connectivity index (χ2v) is 7.91. The molecular weight excluding hydrogens is 354 g/mol. The van der Waals surface area contributed by atoms with Gasteiger partial charge in [-0.15, -0.1) is 0 Å². The van der Waals surface area contributed by atoms with Crippen LogP contribution < -0.4 is 0 Å². The summed E-state index contributed by atoms with van der Waals surface area (Å²) in [4.78, 5) is 25.5. The van der Waals surface area contributed by atoms with E-state index >= 15 is 0 Å². The summed E-state index contributed by atoms with van der Waals surface area (Å²) in [6.45, 7) is 3.95. The van der Waals surface area contributed by atoms with Crippen LogP contribution in [-0.4, -0.2) is 32.7 Å². The maximum absolute atomic E-state index is 12.7. The van der Waals surface area contributed by atoms with Crippen molar-refractivity contribution >= 4 is 18.0 Å². The number of phenolic OH excluding ortho intramolecular Hbond substituents is 1. The third kappa shape index (κ3) is 2.30. The molecule has 0 spiro atoms. The molecule has 6 heteroatoms. The number of hydrogen-bond acceptors (Lipinski definition) is 4. The number of amides is 2. The van der Waals surface area contributed by atoms with E-state index in [2.05, 4.69) is 17.3 Å². The minimum atomic E-state index is -0.232. The number of hydrogen-bond donors (Lipinski definition) is 1. The van der Waals surface area contributed by atoms with Crippen molar-refractivity contribution in [2.75, 3.05) is 0 Å². The molecule has 2 heterocycles. The smallest absolute Gasteiger partial charge is 0.254 e. The highest BCUT2D eigenvalue weighted by Crippen LogP contribution is 2.52. The summed E-state index contributed by atoms with van der Waals surface area (Å²) < 4.78 is 2.05. The second kappa shape index (κ2) is 5.92.